The number of rotatable bonds is 5. The summed E-state index contributed by atoms with van der Waals surface area (Å²) in [6, 6.07) is 7.62. The van der Waals surface area contributed by atoms with Gasteiger partial charge in [0.2, 0.25) is 0 Å². The molecule has 3 nitrogen and oxygen atoms in total. The first kappa shape index (κ1) is 15.3. The van der Waals surface area contributed by atoms with Gasteiger partial charge in [0.05, 0.1) is 6.61 Å². The van der Waals surface area contributed by atoms with Crippen molar-refractivity contribution in [2.24, 2.45) is 0 Å². The summed E-state index contributed by atoms with van der Waals surface area (Å²) < 4.78 is 10.7. The van der Waals surface area contributed by atoms with Gasteiger partial charge in [-0.15, -0.1) is 0 Å². The van der Waals surface area contributed by atoms with Crippen molar-refractivity contribution in [2.45, 2.75) is 39.7 Å². The molecule has 104 valence electrons. The van der Waals surface area contributed by atoms with Crippen molar-refractivity contribution in [2.75, 3.05) is 6.61 Å². The number of hydrogen-bond acceptors (Lipinski definition) is 3. The molecule has 0 aromatic heterocycles. The number of carbonyl (C=O) groups is 1. The van der Waals surface area contributed by atoms with Gasteiger partial charge in [0.1, 0.15) is 11.4 Å². The Balaban J connectivity index is 2.63. The van der Waals surface area contributed by atoms with Crippen molar-refractivity contribution in [1.29, 1.82) is 0 Å². The molecule has 0 saturated carbocycles. The summed E-state index contributed by atoms with van der Waals surface area (Å²) in [5, 5.41) is 0. The van der Waals surface area contributed by atoms with Gasteiger partial charge in [0, 0.05) is 6.08 Å². The van der Waals surface area contributed by atoms with Crippen LogP contribution in [0.2, 0.25) is 0 Å². The highest BCUT2D eigenvalue weighted by molar-refractivity contribution is 5.87. The van der Waals surface area contributed by atoms with Gasteiger partial charge >= 0.3 is 5.97 Å². The molecule has 0 radical (unpaired) electrons. The molecule has 0 amide bonds. The van der Waals surface area contributed by atoms with E-state index in [0.29, 0.717) is 6.61 Å². The van der Waals surface area contributed by atoms with E-state index in [1.807, 2.05) is 45.0 Å². The van der Waals surface area contributed by atoms with E-state index in [0.717, 1.165) is 17.7 Å². The molecule has 1 rings (SSSR count). The summed E-state index contributed by atoms with van der Waals surface area (Å²) in [5.41, 5.74) is 0.451. The Morgan fingerprint density at radius 2 is 2.05 bits per heavy atom. The fraction of sp³-hybridized carbons (Fsp3) is 0.438. The number of carbonyl (C=O) groups excluding carboxylic acids is 1. The summed E-state index contributed by atoms with van der Waals surface area (Å²) in [6.45, 7) is 8.29. The Bertz CT molecular complexity index is 442. The number of esters is 1. The minimum atomic E-state index is -0.465. The van der Waals surface area contributed by atoms with Gasteiger partial charge in [-0.3, -0.25) is 0 Å². The molecule has 0 fully saturated rings. The Morgan fingerprint density at radius 1 is 1.32 bits per heavy atom. The zero-order valence-corrected chi connectivity index (χ0v) is 12.1. The Morgan fingerprint density at radius 3 is 2.68 bits per heavy atom. The van der Waals surface area contributed by atoms with E-state index in [9.17, 15) is 4.79 Å². The van der Waals surface area contributed by atoms with Crippen LogP contribution in [-0.2, 0) is 9.53 Å². The first-order chi connectivity index (χ1) is 8.90. The molecule has 1 aromatic rings. The molecule has 0 atom stereocenters. The molecule has 0 aliphatic carbocycles. The van der Waals surface area contributed by atoms with Crippen molar-refractivity contribution >= 4 is 12.0 Å². The van der Waals surface area contributed by atoms with Gasteiger partial charge in [-0.1, -0.05) is 19.1 Å². The molecule has 0 unspecified atom stereocenters. The van der Waals surface area contributed by atoms with Gasteiger partial charge in [0.15, 0.2) is 0 Å². The van der Waals surface area contributed by atoms with Crippen molar-refractivity contribution in [3.05, 3.63) is 35.9 Å². The van der Waals surface area contributed by atoms with Crippen molar-refractivity contribution in [1.82, 2.24) is 0 Å². The molecule has 19 heavy (non-hydrogen) atoms. The Kier molecular flexibility index (Phi) is 5.61. The molecule has 0 bridgehead atoms. The fourth-order valence-electron chi connectivity index (χ4n) is 1.43. The minimum absolute atomic E-state index is 0.340. The van der Waals surface area contributed by atoms with E-state index in [4.69, 9.17) is 9.47 Å². The van der Waals surface area contributed by atoms with Crippen LogP contribution in [0.5, 0.6) is 5.75 Å². The zero-order chi connectivity index (χ0) is 14.3. The van der Waals surface area contributed by atoms with Gasteiger partial charge in [-0.2, -0.15) is 0 Å². The lowest BCUT2D eigenvalue weighted by atomic mass is 10.2. The predicted octanol–water partition coefficient (Wildman–Crippen LogP) is 3.83. The van der Waals surface area contributed by atoms with E-state index >= 15 is 0 Å². The van der Waals surface area contributed by atoms with E-state index in [1.54, 1.807) is 6.08 Å². The molecule has 0 saturated heterocycles. The molecule has 1 aromatic carbocycles. The van der Waals surface area contributed by atoms with Crippen LogP contribution in [0.4, 0.5) is 0 Å². The maximum atomic E-state index is 11.5. The molecular weight excluding hydrogens is 240 g/mol. The maximum Gasteiger partial charge on any atom is 0.331 e. The minimum Gasteiger partial charge on any atom is -0.494 e. The van der Waals surface area contributed by atoms with Crippen LogP contribution in [0.25, 0.3) is 6.08 Å². The SMILES string of the molecule is CCCOc1cccc(C=CC(=O)OC(C)(C)C)c1. The van der Waals surface area contributed by atoms with Gasteiger partial charge < -0.3 is 9.47 Å². The number of benzene rings is 1. The molecule has 0 spiro atoms. The third kappa shape index (κ3) is 6.65. The lowest BCUT2D eigenvalue weighted by molar-refractivity contribution is -0.148. The third-order valence-electron chi connectivity index (χ3n) is 2.15. The lowest BCUT2D eigenvalue weighted by Gasteiger charge is -2.17. The maximum absolute atomic E-state index is 11.5. The monoisotopic (exact) mass is 262 g/mol. The second-order valence-electron chi connectivity index (χ2n) is 5.29. The van der Waals surface area contributed by atoms with Crippen LogP contribution in [-0.4, -0.2) is 18.2 Å². The van der Waals surface area contributed by atoms with Crippen LogP contribution >= 0.6 is 0 Å². The van der Waals surface area contributed by atoms with Crippen molar-refractivity contribution < 1.29 is 14.3 Å². The zero-order valence-electron chi connectivity index (χ0n) is 12.1. The number of hydrogen-bond donors (Lipinski definition) is 0. The van der Waals surface area contributed by atoms with Crippen molar-refractivity contribution in [3.8, 4) is 5.75 Å². The van der Waals surface area contributed by atoms with Gasteiger partial charge in [-0.25, -0.2) is 4.79 Å². The highest BCUT2D eigenvalue weighted by atomic mass is 16.6. The Hall–Kier alpha value is -1.77. The largest absolute Gasteiger partial charge is 0.494 e. The van der Waals surface area contributed by atoms with E-state index in [2.05, 4.69) is 6.92 Å². The predicted molar refractivity (Wildman–Crippen MR) is 77.1 cm³/mol. The normalized spacial score (nSPS) is 11.6. The first-order valence-electron chi connectivity index (χ1n) is 6.54. The van der Waals surface area contributed by atoms with Gasteiger partial charge in [0.25, 0.3) is 0 Å². The number of ether oxygens (including phenoxy) is 2. The van der Waals surface area contributed by atoms with Crippen LogP contribution in [0, 0.1) is 0 Å². The summed E-state index contributed by atoms with van der Waals surface area (Å²) in [4.78, 5) is 11.5. The van der Waals surface area contributed by atoms with Crippen molar-refractivity contribution in [3.63, 3.8) is 0 Å². The third-order valence-corrected chi connectivity index (χ3v) is 2.15. The quantitative estimate of drug-likeness (QED) is 0.597. The average molecular weight is 262 g/mol. The topological polar surface area (TPSA) is 35.5 Å². The standard InChI is InChI=1S/C16H22O3/c1-5-11-18-14-8-6-7-13(12-14)9-10-15(17)19-16(2,3)4/h6-10,12H,5,11H2,1-4H3. The van der Waals surface area contributed by atoms with E-state index in [-0.39, 0.29) is 5.97 Å². The molecule has 0 aliphatic rings. The van der Waals surface area contributed by atoms with Crippen LogP contribution in [0.1, 0.15) is 39.7 Å². The second-order valence-corrected chi connectivity index (χ2v) is 5.29. The average Bonchev–Trinajstić information content (AvgIpc) is 2.32. The first-order valence-corrected chi connectivity index (χ1v) is 6.54. The Labute approximate surface area is 115 Å². The van der Waals surface area contributed by atoms with Crippen LogP contribution < -0.4 is 4.74 Å². The fourth-order valence-corrected chi connectivity index (χ4v) is 1.43. The summed E-state index contributed by atoms with van der Waals surface area (Å²) in [7, 11) is 0. The molecular formula is C16H22O3. The molecule has 0 aliphatic heterocycles. The summed E-state index contributed by atoms with van der Waals surface area (Å²) in [5.74, 6) is 0.473. The summed E-state index contributed by atoms with van der Waals surface area (Å²) in [6.07, 6.45) is 4.13. The van der Waals surface area contributed by atoms with Gasteiger partial charge in [-0.05, 0) is 51.0 Å². The molecule has 0 N–H and O–H groups in total. The molecule has 3 heteroatoms. The smallest absolute Gasteiger partial charge is 0.331 e. The summed E-state index contributed by atoms with van der Waals surface area (Å²) >= 11 is 0. The molecule has 0 heterocycles. The highest BCUT2D eigenvalue weighted by Gasteiger charge is 2.13. The van der Waals surface area contributed by atoms with E-state index < -0.39 is 5.60 Å². The van der Waals surface area contributed by atoms with Crippen LogP contribution in [0.3, 0.4) is 0 Å². The highest BCUT2D eigenvalue weighted by Crippen LogP contribution is 2.15. The van der Waals surface area contributed by atoms with Crippen LogP contribution in [0.15, 0.2) is 30.3 Å². The van der Waals surface area contributed by atoms with E-state index in [1.165, 1.54) is 6.08 Å². The lowest BCUT2D eigenvalue weighted by Crippen LogP contribution is -2.22. The second kappa shape index (κ2) is 6.98.